The number of para-hydroxylation sites is 1. The summed E-state index contributed by atoms with van der Waals surface area (Å²) < 4.78 is 50.2. The smallest absolute Gasteiger partial charge is 0.219 e. The third-order valence-corrected chi connectivity index (χ3v) is 1.99. The highest BCUT2D eigenvalue weighted by molar-refractivity contribution is 5.82. The number of pyridine rings is 1. The van der Waals surface area contributed by atoms with E-state index < -0.39 is 17.7 Å². The van der Waals surface area contributed by atoms with Gasteiger partial charge in [0.2, 0.25) is 5.95 Å². The van der Waals surface area contributed by atoms with Crippen molar-refractivity contribution < 1.29 is 17.6 Å². The summed E-state index contributed by atoms with van der Waals surface area (Å²) in [7, 11) is 0. The van der Waals surface area contributed by atoms with Crippen molar-refractivity contribution in [2.75, 3.05) is 0 Å². The van der Waals surface area contributed by atoms with Crippen molar-refractivity contribution in [3.63, 3.8) is 0 Å². The first kappa shape index (κ1) is 9.89. The van der Waals surface area contributed by atoms with Crippen LogP contribution in [0.25, 0.3) is 10.9 Å². The lowest BCUT2D eigenvalue weighted by Crippen LogP contribution is -2.06. The molecule has 0 aliphatic heterocycles. The van der Waals surface area contributed by atoms with Crippen LogP contribution in [-0.4, -0.2) is 4.98 Å². The van der Waals surface area contributed by atoms with Gasteiger partial charge in [-0.3, -0.25) is 0 Å². The van der Waals surface area contributed by atoms with E-state index in [0.29, 0.717) is 0 Å². The van der Waals surface area contributed by atoms with Gasteiger partial charge in [-0.15, -0.1) is 0 Å². The Hall–Kier alpha value is -1.65. The highest BCUT2D eigenvalue weighted by Crippen LogP contribution is 2.33. The quantitative estimate of drug-likeness (QED) is 0.484. The molecule has 0 saturated carbocycles. The molecule has 1 nitrogen and oxygen atoms in total. The third kappa shape index (κ3) is 1.77. The summed E-state index contributed by atoms with van der Waals surface area (Å²) >= 11 is 0. The van der Waals surface area contributed by atoms with Gasteiger partial charge in [0, 0.05) is 5.39 Å². The monoisotopic (exact) mass is 215 g/mol. The minimum Gasteiger partial charge on any atom is -0.219 e. The van der Waals surface area contributed by atoms with Crippen molar-refractivity contribution >= 4 is 10.9 Å². The molecule has 1 aromatic heterocycles. The van der Waals surface area contributed by atoms with E-state index in [1.54, 1.807) is 0 Å². The minimum absolute atomic E-state index is 0.270. The first-order valence-corrected chi connectivity index (χ1v) is 4.11. The minimum atomic E-state index is -4.51. The highest BCUT2D eigenvalue weighted by Gasteiger charge is 2.33. The first-order valence-electron chi connectivity index (χ1n) is 4.11. The van der Waals surface area contributed by atoms with Crippen LogP contribution in [-0.2, 0) is 6.18 Å². The van der Waals surface area contributed by atoms with Crippen LogP contribution in [0.4, 0.5) is 17.6 Å². The van der Waals surface area contributed by atoms with Gasteiger partial charge in [0.25, 0.3) is 0 Å². The van der Waals surface area contributed by atoms with E-state index in [4.69, 9.17) is 0 Å². The molecule has 0 unspecified atom stereocenters. The molecule has 1 heterocycles. The van der Waals surface area contributed by atoms with Crippen molar-refractivity contribution in [1.82, 2.24) is 4.98 Å². The molecule has 0 bridgehead atoms. The number of rotatable bonds is 0. The van der Waals surface area contributed by atoms with Gasteiger partial charge in [0.15, 0.2) is 0 Å². The average molecular weight is 215 g/mol. The molecular formula is C10H5F4N. The molecule has 0 aliphatic rings. The Morgan fingerprint density at radius 1 is 1.00 bits per heavy atom. The molecule has 5 heteroatoms. The molecular weight excluding hydrogens is 210 g/mol. The molecule has 0 aliphatic carbocycles. The second-order valence-electron chi connectivity index (χ2n) is 3.01. The molecule has 0 spiro atoms. The zero-order valence-corrected chi connectivity index (χ0v) is 7.35. The van der Waals surface area contributed by atoms with Gasteiger partial charge in [-0.1, -0.05) is 12.1 Å². The van der Waals surface area contributed by atoms with E-state index in [1.807, 2.05) is 0 Å². The van der Waals surface area contributed by atoms with E-state index >= 15 is 0 Å². The lowest BCUT2D eigenvalue weighted by atomic mass is 10.1. The van der Waals surface area contributed by atoms with Gasteiger partial charge >= 0.3 is 6.18 Å². The van der Waals surface area contributed by atoms with E-state index in [9.17, 15) is 17.6 Å². The molecule has 2 rings (SSSR count). The van der Waals surface area contributed by atoms with Crippen LogP contribution in [0.5, 0.6) is 0 Å². The highest BCUT2D eigenvalue weighted by atomic mass is 19.4. The van der Waals surface area contributed by atoms with Gasteiger partial charge in [-0.05, 0) is 18.2 Å². The molecule has 0 atom stereocenters. The Morgan fingerprint density at radius 3 is 2.40 bits per heavy atom. The Bertz CT molecular complexity index is 504. The molecule has 1 aromatic carbocycles. The Labute approximate surface area is 82.4 Å². The van der Waals surface area contributed by atoms with E-state index in [-0.39, 0.29) is 10.9 Å². The van der Waals surface area contributed by atoms with Crippen LogP contribution in [0.3, 0.4) is 0 Å². The van der Waals surface area contributed by atoms with Gasteiger partial charge < -0.3 is 0 Å². The van der Waals surface area contributed by atoms with Gasteiger partial charge in [-0.2, -0.15) is 17.6 Å². The van der Waals surface area contributed by atoms with Crippen LogP contribution >= 0.6 is 0 Å². The number of halogens is 4. The topological polar surface area (TPSA) is 12.9 Å². The van der Waals surface area contributed by atoms with Crippen LogP contribution in [0.2, 0.25) is 0 Å². The van der Waals surface area contributed by atoms with E-state index in [0.717, 1.165) is 12.1 Å². The molecule has 2 aromatic rings. The summed E-state index contributed by atoms with van der Waals surface area (Å²) in [5.74, 6) is -0.917. The normalized spacial score (nSPS) is 12.0. The van der Waals surface area contributed by atoms with Gasteiger partial charge in [0.1, 0.15) is 0 Å². The van der Waals surface area contributed by atoms with Crippen LogP contribution in [0.1, 0.15) is 5.56 Å². The van der Waals surface area contributed by atoms with Crippen molar-refractivity contribution in [2.45, 2.75) is 6.18 Å². The van der Waals surface area contributed by atoms with Gasteiger partial charge in [-0.25, -0.2) is 4.98 Å². The summed E-state index contributed by atoms with van der Waals surface area (Å²) in [6.07, 6.45) is -4.51. The maximum absolute atomic E-state index is 12.7. The molecule has 0 saturated heterocycles. The molecule has 0 amide bonds. The predicted octanol–water partition coefficient (Wildman–Crippen LogP) is 3.39. The standard InChI is InChI=1S/C10H5F4N/c11-8-5-4-6-2-1-3-7(9(6)15-8)10(12,13)14/h1-5H. The second-order valence-corrected chi connectivity index (χ2v) is 3.01. The largest absolute Gasteiger partial charge is 0.418 e. The number of hydrogen-bond acceptors (Lipinski definition) is 1. The molecule has 0 radical (unpaired) electrons. The fourth-order valence-electron chi connectivity index (χ4n) is 1.35. The first-order chi connectivity index (χ1) is 6.98. The third-order valence-electron chi connectivity index (χ3n) is 1.99. The number of nitrogens with zero attached hydrogens (tertiary/aromatic N) is 1. The fraction of sp³-hybridized carbons (Fsp3) is 0.100. The molecule has 15 heavy (non-hydrogen) atoms. The SMILES string of the molecule is Fc1ccc2cccc(C(F)(F)F)c2n1. The van der Waals surface area contributed by atoms with Crippen LogP contribution < -0.4 is 0 Å². The number of benzene rings is 1. The van der Waals surface area contributed by atoms with Crippen LogP contribution in [0, 0.1) is 5.95 Å². The van der Waals surface area contributed by atoms with Crippen molar-refractivity contribution in [1.29, 1.82) is 0 Å². The summed E-state index contributed by atoms with van der Waals surface area (Å²) in [6.45, 7) is 0. The second kappa shape index (κ2) is 3.18. The summed E-state index contributed by atoms with van der Waals surface area (Å²) in [5, 5.41) is 0.270. The zero-order chi connectivity index (χ0) is 11.1. The lowest BCUT2D eigenvalue weighted by molar-refractivity contribution is -0.136. The number of alkyl halides is 3. The molecule has 0 N–H and O–H groups in total. The summed E-state index contributed by atoms with van der Waals surface area (Å²) in [5.41, 5.74) is -1.27. The molecule has 78 valence electrons. The lowest BCUT2D eigenvalue weighted by Gasteiger charge is -2.08. The maximum Gasteiger partial charge on any atom is 0.418 e. The maximum atomic E-state index is 12.7. The Balaban J connectivity index is 2.80. The fourth-order valence-corrected chi connectivity index (χ4v) is 1.35. The van der Waals surface area contributed by atoms with E-state index in [1.165, 1.54) is 18.2 Å². The predicted molar refractivity (Wildman–Crippen MR) is 46.7 cm³/mol. The number of fused-ring (bicyclic) bond motifs is 1. The molecule has 0 fully saturated rings. The number of hydrogen-bond donors (Lipinski definition) is 0. The average Bonchev–Trinajstić information content (AvgIpc) is 2.15. The van der Waals surface area contributed by atoms with E-state index in [2.05, 4.69) is 4.98 Å². The van der Waals surface area contributed by atoms with Crippen molar-refractivity contribution in [3.05, 3.63) is 41.8 Å². The van der Waals surface area contributed by atoms with Crippen molar-refractivity contribution in [2.24, 2.45) is 0 Å². The Morgan fingerprint density at radius 2 is 1.73 bits per heavy atom. The summed E-state index contributed by atoms with van der Waals surface area (Å²) in [6, 6.07) is 5.91. The Kier molecular flexibility index (Phi) is 2.10. The number of aromatic nitrogens is 1. The summed E-state index contributed by atoms with van der Waals surface area (Å²) in [4.78, 5) is 3.26. The zero-order valence-electron chi connectivity index (χ0n) is 7.35. The van der Waals surface area contributed by atoms with Crippen LogP contribution in [0.15, 0.2) is 30.3 Å². The van der Waals surface area contributed by atoms with Crippen molar-refractivity contribution in [3.8, 4) is 0 Å². The van der Waals surface area contributed by atoms with Gasteiger partial charge in [0.05, 0.1) is 11.1 Å².